The molecule has 1 heterocycles. The van der Waals surface area contributed by atoms with Crippen molar-refractivity contribution in [2.45, 2.75) is 64.4 Å². The molecule has 2 heteroatoms. The van der Waals surface area contributed by atoms with Gasteiger partial charge in [-0.2, -0.15) is 0 Å². The third kappa shape index (κ3) is 2.76. The lowest BCUT2D eigenvalue weighted by molar-refractivity contribution is -0.179. The van der Waals surface area contributed by atoms with Crippen molar-refractivity contribution in [1.82, 2.24) is 0 Å². The number of rotatable bonds is 5. The smallest absolute Gasteiger partial charge is 0.168 e. The van der Waals surface area contributed by atoms with Crippen LogP contribution in [0.2, 0.25) is 0 Å². The van der Waals surface area contributed by atoms with Gasteiger partial charge in [-0.3, -0.25) is 0 Å². The van der Waals surface area contributed by atoms with Crippen LogP contribution in [0.25, 0.3) is 0 Å². The minimum atomic E-state index is -0.347. The van der Waals surface area contributed by atoms with Crippen LogP contribution in [-0.4, -0.2) is 18.0 Å². The molecule has 0 saturated carbocycles. The van der Waals surface area contributed by atoms with Crippen molar-refractivity contribution in [3.8, 4) is 0 Å². The van der Waals surface area contributed by atoms with Gasteiger partial charge in [-0.05, 0) is 24.8 Å². The van der Waals surface area contributed by atoms with E-state index in [1.807, 2.05) is 0 Å². The van der Waals surface area contributed by atoms with Crippen LogP contribution in [-0.2, 0) is 15.9 Å². The summed E-state index contributed by atoms with van der Waals surface area (Å²) >= 11 is 0. The highest BCUT2D eigenvalue weighted by atomic mass is 16.8. The Morgan fingerprint density at radius 3 is 2.11 bits per heavy atom. The summed E-state index contributed by atoms with van der Waals surface area (Å²) in [6.45, 7) is 6.45. The van der Waals surface area contributed by atoms with Gasteiger partial charge in [0.05, 0.1) is 12.2 Å². The summed E-state index contributed by atoms with van der Waals surface area (Å²) in [5.41, 5.74) is 1.33. The maximum absolute atomic E-state index is 6.23. The van der Waals surface area contributed by atoms with Gasteiger partial charge < -0.3 is 9.47 Å². The first-order valence-corrected chi connectivity index (χ1v) is 7.12. The molecule has 1 aliphatic rings. The molecule has 1 aromatic rings. The topological polar surface area (TPSA) is 18.5 Å². The fraction of sp³-hybridized carbons (Fsp3) is 0.625. The summed E-state index contributed by atoms with van der Waals surface area (Å²) in [5.74, 6) is -0.347. The number of ether oxygens (including phenoxy) is 2. The Morgan fingerprint density at radius 1 is 0.944 bits per heavy atom. The molecule has 1 aromatic carbocycles. The van der Waals surface area contributed by atoms with Crippen LogP contribution in [0.4, 0.5) is 0 Å². The lowest BCUT2D eigenvalue weighted by atomic mass is 10.0. The Bertz CT molecular complexity index is 357. The van der Waals surface area contributed by atoms with E-state index in [1.165, 1.54) is 5.56 Å². The molecule has 0 amide bonds. The van der Waals surface area contributed by atoms with E-state index >= 15 is 0 Å². The molecule has 0 N–H and O–H groups in total. The first-order chi connectivity index (χ1) is 8.73. The molecule has 0 aromatic heterocycles. The lowest BCUT2D eigenvalue weighted by Gasteiger charge is -2.25. The van der Waals surface area contributed by atoms with Crippen LogP contribution in [0.3, 0.4) is 0 Å². The second-order valence-electron chi connectivity index (χ2n) is 5.03. The summed E-state index contributed by atoms with van der Waals surface area (Å²) < 4.78 is 12.4. The summed E-state index contributed by atoms with van der Waals surface area (Å²) in [4.78, 5) is 0. The third-order valence-corrected chi connectivity index (χ3v) is 3.91. The van der Waals surface area contributed by atoms with Gasteiger partial charge in [0.1, 0.15) is 0 Å². The molecule has 1 saturated heterocycles. The Balaban J connectivity index is 2.08. The third-order valence-electron chi connectivity index (χ3n) is 3.91. The molecule has 0 unspecified atom stereocenters. The first kappa shape index (κ1) is 13.6. The largest absolute Gasteiger partial charge is 0.344 e. The average molecular weight is 248 g/mol. The highest BCUT2D eigenvalue weighted by Gasteiger charge is 2.44. The second kappa shape index (κ2) is 5.85. The van der Waals surface area contributed by atoms with Crippen LogP contribution in [0.5, 0.6) is 0 Å². The number of benzene rings is 1. The van der Waals surface area contributed by atoms with Crippen molar-refractivity contribution in [1.29, 1.82) is 0 Å². The van der Waals surface area contributed by atoms with Gasteiger partial charge in [-0.1, -0.05) is 51.1 Å². The standard InChI is InChI=1S/C16H24O2/c1-4-14-15(12-13-10-8-7-9-11-13)18-16(5-2,6-3)17-14/h7-11,14-15H,4-6,12H2,1-3H3/t14-,15-/m0/s1. The van der Waals surface area contributed by atoms with E-state index in [0.29, 0.717) is 0 Å². The van der Waals surface area contributed by atoms with E-state index in [9.17, 15) is 0 Å². The van der Waals surface area contributed by atoms with Gasteiger partial charge in [0.25, 0.3) is 0 Å². The van der Waals surface area contributed by atoms with E-state index < -0.39 is 0 Å². The fourth-order valence-electron chi connectivity index (χ4n) is 2.68. The molecule has 18 heavy (non-hydrogen) atoms. The van der Waals surface area contributed by atoms with Gasteiger partial charge in [0.2, 0.25) is 0 Å². The minimum absolute atomic E-state index is 0.192. The maximum atomic E-state index is 6.23. The average Bonchev–Trinajstić information content (AvgIpc) is 2.79. The Hall–Kier alpha value is -0.860. The molecule has 0 bridgehead atoms. The molecule has 0 aliphatic carbocycles. The van der Waals surface area contributed by atoms with E-state index in [-0.39, 0.29) is 18.0 Å². The van der Waals surface area contributed by atoms with Gasteiger partial charge in [-0.15, -0.1) is 0 Å². The van der Waals surface area contributed by atoms with Crippen molar-refractivity contribution in [3.05, 3.63) is 35.9 Å². The second-order valence-corrected chi connectivity index (χ2v) is 5.03. The highest BCUT2D eigenvalue weighted by Crippen LogP contribution is 2.36. The zero-order valence-corrected chi connectivity index (χ0v) is 11.7. The van der Waals surface area contributed by atoms with Crippen LogP contribution in [0.1, 0.15) is 45.6 Å². The fourth-order valence-corrected chi connectivity index (χ4v) is 2.68. The Morgan fingerprint density at radius 2 is 1.56 bits per heavy atom. The molecule has 0 radical (unpaired) electrons. The summed E-state index contributed by atoms with van der Waals surface area (Å²) in [5, 5.41) is 0. The SMILES string of the molecule is CC[C@@H]1OC(CC)(CC)O[C@H]1Cc1ccccc1. The van der Waals surface area contributed by atoms with Crippen molar-refractivity contribution in [2.75, 3.05) is 0 Å². The van der Waals surface area contributed by atoms with Crippen LogP contribution in [0.15, 0.2) is 30.3 Å². The van der Waals surface area contributed by atoms with E-state index in [0.717, 1.165) is 25.7 Å². The molecule has 2 rings (SSSR count). The monoisotopic (exact) mass is 248 g/mol. The van der Waals surface area contributed by atoms with Crippen molar-refractivity contribution in [2.24, 2.45) is 0 Å². The molecule has 2 nitrogen and oxygen atoms in total. The highest BCUT2D eigenvalue weighted by molar-refractivity contribution is 5.16. The minimum Gasteiger partial charge on any atom is -0.344 e. The Labute approximate surface area is 110 Å². The summed E-state index contributed by atoms with van der Waals surface area (Å²) in [6.07, 6.45) is 4.22. The van der Waals surface area contributed by atoms with Crippen LogP contribution in [0, 0.1) is 0 Å². The van der Waals surface area contributed by atoms with Gasteiger partial charge in [0.15, 0.2) is 5.79 Å². The molecule has 0 spiro atoms. The summed E-state index contributed by atoms with van der Waals surface area (Å²) in [7, 11) is 0. The van der Waals surface area contributed by atoms with Crippen molar-refractivity contribution < 1.29 is 9.47 Å². The molecular formula is C16H24O2. The number of hydrogen-bond donors (Lipinski definition) is 0. The predicted octanol–water partition coefficient (Wildman–Crippen LogP) is 3.94. The normalized spacial score (nSPS) is 26.4. The number of hydrogen-bond acceptors (Lipinski definition) is 2. The van der Waals surface area contributed by atoms with Gasteiger partial charge in [-0.25, -0.2) is 0 Å². The van der Waals surface area contributed by atoms with E-state index in [4.69, 9.17) is 9.47 Å². The van der Waals surface area contributed by atoms with E-state index in [1.54, 1.807) is 0 Å². The van der Waals surface area contributed by atoms with Crippen molar-refractivity contribution >= 4 is 0 Å². The molecule has 100 valence electrons. The van der Waals surface area contributed by atoms with E-state index in [2.05, 4.69) is 51.1 Å². The summed E-state index contributed by atoms with van der Waals surface area (Å²) in [6, 6.07) is 10.5. The molecule has 2 atom stereocenters. The quantitative estimate of drug-likeness (QED) is 0.785. The molecule has 1 fully saturated rings. The van der Waals surface area contributed by atoms with Crippen LogP contribution < -0.4 is 0 Å². The first-order valence-electron chi connectivity index (χ1n) is 7.12. The molecular weight excluding hydrogens is 224 g/mol. The van der Waals surface area contributed by atoms with Crippen LogP contribution >= 0.6 is 0 Å². The maximum Gasteiger partial charge on any atom is 0.168 e. The molecule has 1 aliphatic heterocycles. The zero-order valence-electron chi connectivity index (χ0n) is 11.7. The lowest BCUT2D eigenvalue weighted by Crippen LogP contribution is -2.29. The Kier molecular flexibility index (Phi) is 4.41. The van der Waals surface area contributed by atoms with Crippen molar-refractivity contribution in [3.63, 3.8) is 0 Å². The van der Waals surface area contributed by atoms with Gasteiger partial charge >= 0.3 is 0 Å². The zero-order chi connectivity index (χ0) is 13.0. The predicted molar refractivity (Wildman–Crippen MR) is 73.5 cm³/mol. The van der Waals surface area contributed by atoms with Gasteiger partial charge in [0, 0.05) is 6.42 Å².